The van der Waals surface area contributed by atoms with Crippen molar-refractivity contribution in [2.24, 2.45) is 0 Å². The molecule has 2 aromatic rings. The minimum atomic E-state index is -0.422. The van der Waals surface area contributed by atoms with Crippen LogP contribution in [0.15, 0.2) is 27.4 Å². The van der Waals surface area contributed by atoms with Gasteiger partial charge in [0.15, 0.2) is 5.58 Å². The van der Waals surface area contributed by atoms with Crippen molar-refractivity contribution in [2.75, 3.05) is 38.2 Å². The number of ether oxygens (including phenoxy) is 1. The lowest BCUT2D eigenvalue weighted by atomic mass is 10.2. The maximum Gasteiger partial charge on any atom is 0.417 e. The van der Waals surface area contributed by atoms with E-state index < -0.39 is 5.76 Å². The highest BCUT2D eigenvalue weighted by molar-refractivity contribution is 5.76. The molecule has 19 heavy (non-hydrogen) atoms. The summed E-state index contributed by atoms with van der Waals surface area (Å²) >= 11 is 0. The van der Waals surface area contributed by atoms with Gasteiger partial charge in [0.1, 0.15) is 0 Å². The van der Waals surface area contributed by atoms with Crippen LogP contribution in [0, 0.1) is 0 Å². The lowest BCUT2D eigenvalue weighted by molar-refractivity contribution is 0.0340. The average molecular weight is 263 g/mol. The van der Waals surface area contributed by atoms with Crippen molar-refractivity contribution in [1.29, 1.82) is 0 Å². The highest BCUT2D eigenvalue weighted by Gasteiger charge is 2.16. The molecule has 1 fully saturated rings. The van der Waals surface area contributed by atoms with Crippen LogP contribution in [0.2, 0.25) is 0 Å². The van der Waals surface area contributed by atoms with Gasteiger partial charge >= 0.3 is 5.76 Å². The Kier molecular flexibility index (Phi) is 3.27. The number of nitrogens with one attached hydrogen (secondary N) is 2. The van der Waals surface area contributed by atoms with Crippen LogP contribution in [0.4, 0.5) is 5.69 Å². The van der Waals surface area contributed by atoms with Crippen LogP contribution in [-0.2, 0) is 4.74 Å². The Morgan fingerprint density at radius 1 is 1.47 bits per heavy atom. The molecular weight excluding hydrogens is 246 g/mol. The first-order chi connectivity index (χ1) is 9.22. The first-order valence-corrected chi connectivity index (χ1v) is 6.39. The quantitative estimate of drug-likeness (QED) is 0.846. The first kappa shape index (κ1) is 12.3. The van der Waals surface area contributed by atoms with Crippen molar-refractivity contribution in [1.82, 2.24) is 10.3 Å². The number of benzene rings is 1. The van der Waals surface area contributed by atoms with Crippen LogP contribution in [-0.4, -0.2) is 44.4 Å². The van der Waals surface area contributed by atoms with Crippen LogP contribution in [0.25, 0.3) is 11.1 Å². The SMILES string of the molecule is CN(CC1CNCCO1)c1ccc2[nH]c(=O)oc2c1. The molecule has 6 nitrogen and oxygen atoms in total. The van der Waals surface area contributed by atoms with Crippen molar-refractivity contribution >= 4 is 16.8 Å². The van der Waals surface area contributed by atoms with Crippen molar-refractivity contribution in [3.05, 3.63) is 28.7 Å². The zero-order valence-corrected chi connectivity index (χ0v) is 10.8. The Morgan fingerprint density at radius 3 is 3.16 bits per heavy atom. The number of oxazole rings is 1. The molecule has 1 aliphatic heterocycles. The number of anilines is 1. The molecule has 0 aliphatic carbocycles. The molecule has 0 bridgehead atoms. The Hall–Kier alpha value is -1.79. The molecule has 0 radical (unpaired) electrons. The average Bonchev–Trinajstić information content (AvgIpc) is 2.78. The summed E-state index contributed by atoms with van der Waals surface area (Å²) in [6.45, 7) is 3.34. The first-order valence-electron chi connectivity index (χ1n) is 6.39. The van der Waals surface area contributed by atoms with Crippen LogP contribution in [0.5, 0.6) is 0 Å². The molecule has 6 heteroatoms. The topological polar surface area (TPSA) is 70.5 Å². The molecule has 1 unspecified atom stereocenters. The van der Waals surface area contributed by atoms with Crippen LogP contribution in [0.3, 0.4) is 0 Å². The molecule has 2 N–H and O–H groups in total. The molecule has 1 atom stereocenters. The van der Waals surface area contributed by atoms with Gasteiger partial charge in [-0.3, -0.25) is 4.98 Å². The third-order valence-electron chi connectivity index (χ3n) is 3.33. The van der Waals surface area contributed by atoms with E-state index in [9.17, 15) is 4.79 Å². The Balaban J connectivity index is 1.76. The van der Waals surface area contributed by atoms with E-state index in [2.05, 4.69) is 15.2 Å². The fraction of sp³-hybridized carbons (Fsp3) is 0.462. The van der Waals surface area contributed by atoms with Gasteiger partial charge in [0.05, 0.1) is 18.2 Å². The molecule has 1 aromatic heterocycles. The monoisotopic (exact) mass is 263 g/mol. The Morgan fingerprint density at radius 2 is 2.37 bits per heavy atom. The minimum Gasteiger partial charge on any atom is -0.408 e. The maximum atomic E-state index is 11.1. The van der Waals surface area contributed by atoms with E-state index >= 15 is 0 Å². The zero-order chi connectivity index (χ0) is 13.2. The predicted molar refractivity (Wildman–Crippen MR) is 72.7 cm³/mol. The summed E-state index contributed by atoms with van der Waals surface area (Å²) in [7, 11) is 2.00. The van der Waals surface area contributed by atoms with Crippen molar-refractivity contribution in [3.8, 4) is 0 Å². The molecule has 102 valence electrons. The standard InChI is InChI=1S/C13H17N3O3/c1-16(8-10-7-14-4-5-18-10)9-2-3-11-12(6-9)19-13(17)15-11/h2-3,6,10,14H,4-5,7-8H2,1H3,(H,15,17). The van der Waals surface area contributed by atoms with Gasteiger partial charge in [-0.15, -0.1) is 0 Å². The van der Waals surface area contributed by atoms with Gasteiger partial charge in [0.25, 0.3) is 0 Å². The van der Waals surface area contributed by atoms with E-state index in [1.807, 2.05) is 25.2 Å². The van der Waals surface area contributed by atoms with Gasteiger partial charge < -0.3 is 19.4 Å². The highest BCUT2D eigenvalue weighted by Crippen LogP contribution is 2.19. The third kappa shape index (κ3) is 2.64. The van der Waals surface area contributed by atoms with Crippen LogP contribution >= 0.6 is 0 Å². The van der Waals surface area contributed by atoms with Gasteiger partial charge in [0.2, 0.25) is 0 Å². The molecular formula is C13H17N3O3. The van der Waals surface area contributed by atoms with E-state index in [0.29, 0.717) is 5.58 Å². The summed E-state index contributed by atoms with van der Waals surface area (Å²) in [5.41, 5.74) is 2.30. The molecule has 3 rings (SSSR count). The third-order valence-corrected chi connectivity index (χ3v) is 3.33. The minimum absolute atomic E-state index is 0.188. The Labute approximate surface area is 110 Å². The largest absolute Gasteiger partial charge is 0.417 e. The second kappa shape index (κ2) is 5.07. The smallest absolute Gasteiger partial charge is 0.408 e. The van der Waals surface area contributed by atoms with Crippen molar-refractivity contribution in [2.45, 2.75) is 6.10 Å². The van der Waals surface area contributed by atoms with Crippen molar-refractivity contribution in [3.63, 3.8) is 0 Å². The number of morpholine rings is 1. The summed E-state index contributed by atoms with van der Waals surface area (Å²) < 4.78 is 10.7. The van der Waals surface area contributed by atoms with Crippen LogP contribution in [0.1, 0.15) is 0 Å². The summed E-state index contributed by atoms with van der Waals surface area (Å²) in [5, 5.41) is 3.31. The number of fused-ring (bicyclic) bond motifs is 1. The second-order valence-electron chi connectivity index (χ2n) is 4.77. The normalized spacial score (nSPS) is 19.7. The number of rotatable bonds is 3. The zero-order valence-electron chi connectivity index (χ0n) is 10.8. The van der Waals surface area contributed by atoms with E-state index in [1.54, 1.807) is 0 Å². The molecule has 1 aliphatic rings. The number of nitrogens with zero attached hydrogens (tertiary/aromatic N) is 1. The van der Waals surface area contributed by atoms with E-state index in [0.717, 1.165) is 37.4 Å². The van der Waals surface area contributed by atoms with Gasteiger partial charge in [0, 0.05) is 38.4 Å². The van der Waals surface area contributed by atoms with E-state index in [4.69, 9.17) is 9.15 Å². The fourth-order valence-electron chi connectivity index (χ4n) is 2.32. The number of hydrogen-bond acceptors (Lipinski definition) is 5. The fourth-order valence-corrected chi connectivity index (χ4v) is 2.32. The van der Waals surface area contributed by atoms with Gasteiger partial charge in [-0.1, -0.05) is 0 Å². The molecule has 2 heterocycles. The maximum absolute atomic E-state index is 11.1. The summed E-state index contributed by atoms with van der Waals surface area (Å²) in [5.74, 6) is -0.422. The van der Waals surface area contributed by atoms with E-state index in [-0.39, 0.29) is 6.10 Å². The van der Waals surface area contributed by atoms with Gasteiger partial charge in [-0.2, -0.15) is 0 Å². The highest BCUT2D eigenvalue weighted by atomic mass is 16.5. The van der Waals surface area contributed by atoms with Gasteiger partial charge in [-0.25, -0.2) is 4.79 Å². The summed E-state index contributed by atoms with van der Waals surface area (Å²) in [4.78, 5) is 15.9. The number of aromatic amines is 1. The number of H-pyrrole nitrogens is 1. The molecule has 1 saturated heterocycles. The lowest BCUT2D eigenvalue weighted by Gasteiger charge is -2.29. The Bertz CT molecular complexity index is 613. The molecule has 0 spiro atoms. The van der Waals surface area contributed by atoms with E-state index in [1.165, 1.54) is 0 Å². The lowest BCUT2D eigenvalue weighted by Crippen LogP contribution is -2.44. The molecule has 0 saturated carbocycles. The molecule has 0 amide bonds. The number of aromatic nitrogens is 1. The van der Waals surface area contributed by atoms with Crippen LogP contribution < -0.4 is 16.0 Å². The summed E-state index contributed by atoms with van der Waals surface area (Å²) in [6, 6.07) is 5.68. The molecule has 1 aromatic carbocycles. The second-order valence-corrected chi connectivity index (χ2v) is 4.77. The van der Waals surface area contributed by atoms with Crippen molar-refractivity contribution < 1.29 is 9.15 Å². The number of likely N-dealkylation sites (N-methyl/N-ethyl adjacent to an activating group) is 1. The number of hydrogen-bond donors (Lipinski definition) is 2. The van der Waals surface area contributed by atoms with Gasteiger partial charge in [-0.05, 0) is 12.1 Å². The predicted octanol–water partition coefficient (Wildman–Crippen LogP) is 0.546. The summed E-state index contributed by atoms with van der Waals surface area (Å²) in [6.07, 6.45) is 0.188.